The lowest BCUT2D eigenvalue weighted by molar-refractivity contribution is 0.665. The van der Waals surface area contributed by atoms with Crippen molar-refractivity contribution < 1.29 is 0 Å². The Morgan fingerprint density at radius 1 is 1.21 bits per heavy atom. The highest BCUT2D eigenvalue weighted by Crippen LogP contribution is 2.26. The van der Waals surface area contributed by atoms with E-state index >= 15 is 0 Å². The summed E-state index contributed by atoms with van der Waals surface area (Å²) in [4.78, 5) is 6.64. The van der Waals surface area contributed by atoms with Crippen LogP contribution in [0.25, 0.3) is 0 Å². The molecule has 0 saturated heterocycles. The van der Waals surface area contributed by atoms with Gasteiger partial charge in [0.2, 0.25) is 0 Å². The number of nitrogens with zero attached hydrogens (tertiary/aromatic N) is 3. The maximum atomic E-state index is 4.30. The van der Waals surface area contributed by atoms with E-state index < -0.39 is 0 Å². The normalized spacial score (nSPS) is 14.4. The average Bonchev–Trinajstić information content (AvgIpc) is 3.11. The topological polar surface area (TPSA) is 44.6 Å². The van der Waals surface area contributed by atoms with Crippen molar-refractivity contribution in [3.8, 4) is 0 Å². The second-order valence-electron chi connectivity index (χ2n) is 6.26. The van der Waals surface area contributed by atoms with Gasteiger partial charge < -0.3 is 20.1 Å². The second-order valence-corrected chi connectivity index (χ2v) is 6.26. The molecule has 0 amide bonds. The quantitative estimate of drug-likeness (QED) is 0.654. The van der Waals surface area contributed by atoms with E-state index in [9.17, 15) is 0 Å². The summed E-state index contributed by atoms with van der Waals surface area (Å²) in [7, 11) is 3.99. The fourth-order valence-electron chi connectivity index (χ4n) is 3.18. The molecular weight excluding hydrogens is 298 g/mol. The van der Waals surface area contributed by atoms with Gasteiger partial charge in [0.15, 0.2) is 5.96 Å². The van der Waals surface area contributed by atoms with Crippen molar-refractivity contribution in [2.24, 2.45) is 4.99 Å². The van der Waals surface area contributed by atoms with Crippen LogP contribution in [0.3, 0.4) is 0 Å². The van der Waals surface area contributed by atoms with E-state index in [2.05, 4.69) is 62.7 Å². The van der Waals surface area contributed by atoms with Gasteiger partial charge in [-0.15, -0.1) is 0 Å². The second kappa shape index (κ2) is 7.90. The maximum absolute atomic E-state index is 4.30. The van der Waals surface area contributed by atoms with Crippen LogP contribution in [0.15, 0.2) is 47.7 Å². The molecule has 1 aliphatic heterocycles. The molecule has 0 unspecified atom stereocenters. The summed E-state index contributed by atoms with van der Waals surface area (Å²) in [5.74, 6) is 0.844. The van der Waals surface area contributed by atoms with E-state index in [0.29, 0.717) is 0 Å². The number of rotatable bonds is 5. The molecular formula is C19H27N5. The van der Waals surface area contributed by atoms with E-state index in [0.717, 1.165) is 32.1 Å². The number of nitrogens with one attached hydrogen (secondary N) is 2. The first-order chi connectivity index (χ1) is 11.8. The molecule has 0 atom stereocenters. The molecule has 0 fully saturated rings. The Bertz CT molecular complexity index is 675. The highest BCUT2D eigenvalue weighted by atomic mass is 15.2. The summed E-state index contributed by atoms with van der Waals surface area (Å²) in [6.07, 6.45) is 6.56. The fraction of sp³-hybridized carbons (Fsp3) is 0.421. The number of benzene rings is 1. The highest BCUT2D eigenvalue weighted by Gasteiger charge is 2.13. The molecule has 0 spiro atoms. The molecule has 0 bridgehead atoms. The van der Waals surface area contributed by atoms with Crippen LogP contribution in [0.5, 0.6) is 0 Å². The SMILES string of the molecule is CN=C(NCCn1cccc1)NCc1ccc2c(c1)CCCN2C. The largest absolute Gasteiger partial charge is 0.374 e. The minimum absolute atomic E-state index is 0.792. The first kappa shape index (κ1) is 16.4. The van der Waals surface area contributed by atoms with Gasteiger partial charge in [-0.25, -0.2) is 0 Å². The van der Waals surface area contributed by atoms with Crippen molar-refractivity contribution >= 4 is 11.6 Å². The van der Waals surface area contributed by atoms with Gasteiger partial charge in [-0.05, 0) is 42.2 Å². The Hall–Kier alpha value is -2.43. The van der Waals surface area contributed by atoms with Crippen molar-refractivity contribution in [1.29, 1.82) is 0 Å². The summed E-state index contributed by atoms with van der Waals surface area (Å²) in [6.45, 7) is 3.73. The van der Waals surface area contributed by atoms with Crippen LogP contribution in [0.4, 0.5) is 5.69 Å². The molecule has 1 aromatic heterocycles. The molecule has 1 aromatic carbocycles. The molecule has 5 heteroatoms. The molecule has 1 aliphatic rings. The van der Waals surface area contributed by atoms with Crippen LogP contribution in [0.2, 0.25) is 0 Å². The number of guanidine groups is 1. The molecule has 24 heavy (non-hydrogen) atoms. The molecule has 128 valence electrons. The average molecular weight is 325 g/mol. The zero-order valence-electron chi connectivity index (χ0n) is 14.6. The standard InChI is InChI=1S/C19H27N5/c1-20-19(21-9-13-24-11-3-4-12-24)22-15-16-7-8-18-17(14-16)6-5-10-23(18)2/h3-4,7-8,11-12,14H,5-6,9-10,13,15H2,1-2H3,(H2,20,21,22). The van der Waals surface area contributed by atoms with Gasteiger partial charge in [-0.2, -0.15) is 0 Å². The van der Waals surface area contributed by atoms with E-state index in [-0.39, 0.29) is 0 Å². The third kappa shape index (κ3) is 4.10. The van der Waals surface area contributed by atoms with Crippen LogP contribution in [-0.4, -0.2) is 37.7 Å². The lowest BCUT2D eigenvalue weighted by atomic mass is 9.99. The van der Waals surface area contributed by atoms with Crippen molar-refractivity contribution in [3.63, 3.8) is 0 Å². The third-order valence-corrected chi connectivity index (χ3v) is 4.51. The van der Waals surface area contributed by atoms with E-state index in [1.807, 2.05) is 19.2 Å². The van der Waals surface area contributed by atoms with E-state index in [1.165, 1.54) is 29.7 Å². The van der Waals surface area contributed by atoms with Crippen LogP contribution in [0, 0.1) is 0 Å². The Morgan fingerprint density at radius 2 is 2.04 bits per heavy atom. The number of hydrogen-bond acceptors (Lipinski definition) is 2. The van der Waals surface area contributed by atoms with Gasteiger partial charge >= 0.3 is 0 Å². The zero-order chi connectivity index (χ0) is 16.8. The van der Waals surface area contributed by atoms with Gasteiger partial charge in [-0.3, -0.25) is 4.99 Å². The molecule has 0 saturated carbocycles. The highest BCUT2D eigenvalue weighted by molar-refractivity contribution is 5.79. The molecule has 2 heterocycles. The van der Waals surface area contributed by atoms with Gasteiger partial charge in [0, 0.05) is 58.4 Å². The Labute approximate surface area is 144 Å². The predicted octanol–water partition coefficient (Wildman–Crippen LogP) is 2.24. The van der Waals surface area contributed by atoms with Crippen LogP contribution in [0.1, 0.15) is 17.5 Å². The number of fused-ring (bicyclic) bond motifs is 1. The number of aryl methyl sites for hydroxylation is 1. The van der Waals surface area contributed by atoms with Crippen molar-refractivity contribution in [1.82, 2.24) is 15.2 Å². The summed E-state index contributed by atoms with van der Waals surface area (Å²) in [5, 5.41) is 6.76. The number of anilines is 1. The molecule has 0 radical (unpaired) electrons. The van der Waals surface area contributed by atoms with Gasteiger partial charge in [0.05, 0.1) is 0 Å². The Morgan fingerprint density at radius 3 is 2.83 bits per heavy atom. The minimum atomic E-state index is 0.792. The Kier molecular flexibility index (Phi) is 5.41. The zero-order valence-corrected chi connectivity index (χ0v) is 14.6. The first-order valence-electron chi connectivity index (χ1n) is 8.64. The number of aliphatic imine (C=N–C) groups is 1. The molecule has 0 aliphatic carbocycles. The van der Waals surface area contributed by atoms with Crippen molar-refractivity contribution in [2.45, 2.75) is 25.9 Å². The van der Waals surface area contributed by atoms with Crippen molar-refractivity contribution in [3.05, 3.63) is 53.9 Å². The van der Waals surface area contributed by atoms with E-state index in [4.69, 9.17) is 0 Å². The number of hydrogen-bond donors (Lipinski definition) is 2. The number of aromatic nitrogens is 1. The fourth-order valence-corrected chi connectivity index (χ4v) is 3.18. The predicted molar refractivity (Wildman–Crippen MR) is 101 cm³/mol. The van der Waals surface area contributed by atoms with Gasteiger partial charge in [0.1, 0.15) is 0 Å². The summed E-state index contributed by atoms with van der Waals surface area (Å²) in [5.41, 5.74) is 4.13. The summed E-state index contributed by atoms with van der Waals surface area (Å²) in [6, 6.07) is 10.9. The summed E-state index contributed by atoms with van der Waals surface area (Å²) < 4.78 is 2.15. The maximum Gasteiger partial charge on any atom is 0.191 e. The monoisotopic (exact) mass is 325 g/mol. The van der Waals surface area contributed by atoms with Crippen LogP contribution < -0.4 is 15.5 Å². The van der Waals surface area contributed by atoms with Crippen LogP contribution in [-0.2, 0) is 19.5 Å². The lowest BCUT2D eigenvalue weighted by Crippen LogP contribution is -2.38. The summed E-state index contributed by atoms with van der Waals surface area (Å²) >= 11 is 0. The Balaban J connectivity index is 1.50. The molecule has 5 nitrogen and oxygen atoms in total. The smallest absolute Gasteiger partial charge is 0.191 e. The molecule has 2 aromatic rings. The lowest BCUT2D eigenvalue weighted by Gasteiger charge is -2.28. The molecule has 3 rings (SSSR count). The van der Waals surface area contributed by atoms with Gasteiger partial charge in [-0.1, -0.05) is 12.1 Å². The van der Waals surface area contributed by atoms with Crippen molar-refractivity contribution in [2.75, 3.05) is 32.1 Å². The molecule has 2 N–H and O–H groups in total. The third-order valence-electron chi connectivity index (χ3n) is 4.51. The first-order valence-corrected chi connectivity index (χ1v) is 8.64. The van der Waals surface area contributed by atoms with Crippen LogP contribution >= 0.6 is 0 Å². The van der Waals surface area contributed by atoms with E-state index in [1.54, 1.807) is 0 Å². The minimum Gasteiger partial charge on any atom is -0.374 e. The van der Waals surface area contributed by atoms with Gasteiger partial charge in [0.25, 0.3) is 0 Å².